The first-order valence-electron chi connectivity index (χ1n) is 8.38. The number of hydrogen-bond acceptors (Lipinski definition) is 3. The molecule has 1 aliphatic rings. The first-order chi connectivity index (χ1) is 10.0. The normalized spacial score (nSPS) is 29.8. The van der Waals surface area contributed by atoms with Crippen molar-refractivity contribution in [1.82, 2.24) is 9.88 Å². The third kappa shape index (κ3) is 3.64. The van der Waals surface area contributed by atoms with Crippen LogP contribution < -0.4 is 5.73 Å². The van der Waals surface area contributed by atoms with Gasteiger partial charge < -0.3 is 5.73 Å². The topological polar surface area (TPSA) is 42.2 Å². The van der Waals surface area contributed by atoms with Gasteiger partial charge in [0.1, 0.15) is 0 Å². The van der Waals surface area contributed by atoms with Crippen molar-refractivity contribution in [2.45, 2.75) is 59.0 Å². The van der Waals surface area contributed by atoms with Crippen molar-refractivity contribution in [1.29, 1.82) is 0 Å². The SMILES string of the molecule is CCN(Cc1cccc(C)n1)C1(CN)CCC(C)C(C)C1. The van der Waals surface area contributed by atoms with E-state index in [4.69, 9.17) is 5.73 Å². The van der Waals surface area contributed by atoms with Crippen molar-refractivity contribution in [2.75, 3.05) is 13.1 Å². The van der Waals surface area contributed by atoms with Crippen molar-refractivity contribution in [2.24, 2.45) is 17.6 Å². The van der Waals surface area contributed by atoms with Gasteiger partial charge in [0.2, 0.25) is 0 Å². The number of aryl methyl sites for hydroxylation is 1. The summed E-state index contributed by atoms with van der Waals surface area (Å²) in [5.41, 5.74) is 8.66. The van der Waals surface area contributed by atoms with Crippen molar-refractivity contribution >= 4 is 0 Å². The lowest BCUT2D eigenvalue weighted by molar-refractivity contribution is 0.0180. The molecule has 1 aromatic rings. The fourth-order valence-corrected chi connectivity index (χ4v) is 3.78. The largest absolute Gasteiger partial charge is 0.329 e. The van der Waals surface area contributed by atoms with Crippen LogP contribution in [0, 0.1) is 18.8 Å². The van der Waals surface area contributed by atoms with Crippen LogP contribution in [0.15, 0.2) is 18.2 Å². The Morgan fingerprint density at radius 3 is 2.67 bits per heavy atom. The van der Waals surface area contributed by atoms with E-state index in [-0.39, 0.29) is 5.54 Å². The molecule has 0 saturated heterocycles. The highest BCUT2D eigenvalue weighted by Crippen LogP contribution is 2.39. The van der Waals surface area contributed by atoms with E-state index in [1.54, 1.807) is 0 Å². The Bertz CT molecular complexity index is 460. The minimum atomic E-state index is 0.159. The van der Waals surface area contributed by atoms with Gasteiger partial charge in [0.25, 0.3) is 0 Å². The lowest BCUT2D eigenvalue weighted by atomic mass is 9.70. The minimum absolute atomic E-state index is 0.159. The molecule has 0 bridgehead atoms. The van der Waals surface area contributed by atoms with Crippen LogP contribution in [0.2, 0.25) is 0 Å². The highest BCUT2D eigenvalue weighted by atomic mass is 15.2. The molecule has 0 radical (unpaired) electrons. The molecule has 0 aliphatic heterocycles. The van der Waals surface area contributed by atoms with Gasteiger partial charge in [-0.05, 0) is 56.7 Å². The molecule has 3 atom stereocenters. The maximum absolute atomic E-state index is 6.24. The van der Waals surface area contributed by atoms with Crippen LogP contribution in [0.4, 0.5) is 0 Å². The summed E-state index contributed by atoms with van der Waals surface area (Å²) in [7, 11) is 0. The summed E-state index contributed by atoms with van der Waals surface area (Å²) in [5, 5.41) is 0. The zero-order valence-corrected chi connectivity index (χ0v) is 14.1. The molecule has 1 aromatic heterocycles. The number of pyridine rings is 1. The average Bonchev–Trinajstić information content (AvgIpc) is 2.48. The Balaban J connectivity index is 2.17. The fraction of sp³-hybridized carbons (Fsp3) is 0.722. The number of nitrogens with zero attached hydrogens (tertiary/aromatic N) is 2. The van der Waals surface area contributed by atoms with Gasteiger partial charge in [-0.25, -0.2) is 0 Å². The highest BCUT2D eigenvalue weighted by Gasteiger charge is 2.40. The monoisotopic (exact) mass is 289 g/mol. The van der Waals surface area contributed by atoms with Crippen LogP contribution >= 0.6 is 0 Å². The summed E-state index contributed by atoms with van der Waals surface area (Å²) >= 11 is 0. The molecule has 1 aliphatic carbocycles. The Morgan fingerprint density at radius 2 is 2.10 bits per heavy atom. The van der Waals surface area contributed by atoms with Gasteiger partial charge in [0.05, 0.1) is 5.69 Å². The number of likely N-dealkylation sites (N-methyl/N-ethyl adjacent to an activating group) is 1. The van der Waals surface area contributed by atoms with Crippen LogP contribution in [0.5, 0.6) is 0 Å². The maximum Gasteiger partial charge on any atom is 0.0547 e. The summed E-state index contributed by atoms with van der Waals surface area (Å²) in [4.78, 5) is 7.24. The second-order valence-electron chi connectivity index (χ2n) is 6.91. The molecule has 1 heterocycles. The van der Waals surface area contributed by atoms with Crippen LogP contribution in [0.3, 0.4) is 0 Å². The molecule has 2 N–H and O–H groups in total. The van der Waals surface area contributed by atoms with E-state index >= 15 is 0 Å². The molecule has 3 heteroatoms. The standard InChI is InChI=1S/C18H31N3/c1-5-21(12-17-8-6-7-16(4)20-17)18(13-19)10-9-14(2)15(3)11-18/h6-8,14-15H,5,9-13,19H2,1-4H3. The quantitative estimate of drug-likeness (QED) is 0.903. The molecule has 2 rings (SSSR count). The molecular formula is C18H31N3. The minimum Gasteiger partial charge on any atom is -0.329 e. The highest BCUT2D eigenvalue weighted by molar-refractivity contribution is 5.11. The zero-order valence-electron chi connectivity index (χ0n) is 14.1. The summed E-state index contributed by atoms with van der Waals surface area (Å²) < 4.78 is 0. The fourth-order valence-electron chi connectivity index (χ4n) is 3.78. The molecule has 3 nitrogen and oxygen atoms in total. The van der Waals surface area contributed by atoms with Gasteiger partial charge in [0.15, 0.2) is 0 Å². The molecule has 0 aromatic carbocycles. The summed E-state index contributed by atoms with van der Waals surface area (Å²) in [5.74, 6) is 1.57. The van der Waals surface area contributed by atoms with E-state index in [2.05, 4.69) is 55.8 Å². The molecule has 1 saturated carbocycles. The van der Waals surface area contributed by atoms with Crippen molar-refractivity contribution in [3.05, 3.63) is 29.6 Å². The second kappa shape index (κ2) is 6.89. The lowest BCUT2D eigenvalue weighted by Crippen LogP contribution is -2.56. The number of nitrogens with two attached hydrogens (primary N) is 1. The smallest absolute Gasteiger partial charge is 0.0547 e. The Kier molecular flexibility index (Phi) is 5.39. The maximum atomic E-state index is 6.24. The zero-order chi connectivity index (χ0) is 15.5. The van der Waals surface area contributed by atoms with Crippen LogP contribution in [0.1, 0.15) is 51.4 Å². The number of hydrogen-bond donors (Lipinski definition) is 1. The van der Waals surface area contributed by atoms with Gasteiger partial charge in [-0.2, -0.15) is 0 Å². The van der Waals surface area contributed by atoms with Gasteiger partial charge >= 0.3 is 0 Å². The molecule has 21 heavy (non-hydrogen) atoms. The average molecular weight is 289 g/mol. The Labute approximate surface area is 129 Å². The molecule has 1 fully saturated rings. The number of aromatic nitrogens is 1. The Hall–Kier alpha value is -0.930. The van der Waals surface area contributed by atoms with Crippen LogP contribution in [-0.2, 0) is 6.54 Å². The second-order valence-corrected chi connectivity index (χ2v) is 6.91. The van der Waals surface area contributed by atoms with E-state index in [1.807, 2.05) is 0 Å². The van der Waals surface area contributed by atoms with Crippen molar-refractivity contribution < 1.29 is 0 Å². The van der Waals surface area contributed by atoms with Gasteiger partial charge in [0, 0.05) is 24.3 Å². The molecule has 3 unspecified atom stereocenters. The van der Waals surface area contributed by atoms with E-state index < -0.39 is 0 Å². The molecule has 0 spiro atoms. The first kappa shape index (κ1) is 16.4. The summed E-state index contributed by atoms with van der Waals surface area (Å²) in [6.45, 7) is 11.8. The van der Waals surface area contributed by atoms with Crippen molar-refractivity contribution in [3.8, 4) is 0 Å². The van der Waals surface area contributed by atoms with Crippen LogP contribution in [0.25, 0.3) is 0 Å². The van der Waals surface area contributed by atoms with Gasteiger partial charge in [-0.3, -0.25) is 9.88 Å². The van der Waals surface area contributed by atoms with E-state index in [0.29, 0.717) is 0 Å². The molecule has 118 valence electrons. The summed E-state index contributed by atoms with van der Waals surface area (Å²) in [6.07, 6.45) is 3.72. The van der Waals surface area contributed by atoms with Crippen LogP contribution in [-0.4, -0.2) is 28.5 Å². The van der Waals surface area contributed by atoms with E-state index in [0.717, 1.165) is 42.9 Å². The third-order valence-corrected chi connectivity index (χ3v) is 5.47. The van der Waals surface area contributed by atoms with Gasteiger partial charge in [-0.15, -0.1) is 0 Å². The predicted molar refractivity (Wildman–Crippen MR) is 89.0 cm³/mol. The van der Waals surface area contributed by atoms with Gasteiger partial charge in [-0.1, -0.05) is 26.8 Å². The first-order valence-corrected chi connectivity index (χ1v) is 8.38. The number of rotatable bonds is 5. The predicted octanol–water partition coefficient (Wildman–Crippen LogP) is 3.37. The molecule has 0 amide bonds. The lowest BCUT2D eigenvalue weighted by Gasteiger charge is -2.49. The molecular weight excluding hydrogens is 258 g/mol. The summed E-state index contributed by atoms with van der Waals surface area (Å²) in [6, 6.07) is 6.30. The Morgan fingerprint density at radius 1 is 1.33 bits per heavy atom. The van der Waals surface area contributed by atoms with Crippen molar-refractivity contribution in [3.63, 3.8) is 0 Å². The van der Waals surface area contributed by atoms with E-state index in [9.17, 15) is 0 Å². The van der Waals surface area contributed by atoms with E-state index in [1.165, 1.54) is 19.3 Å². The third-order valence-electron chi connectivity index (χ3n) is 5.47.